The van der Waals surface area contributed by atoms with Crippen LogP contribution in [0.15, 0.2) is 0 Å². The standard InChI is InChI=1S/C15H23N3O3/c1-5-7-15(14(20)21)8-6-9-18(15)13(19)12-10(2)16-17(4)11(12)3/h5-9H2,1-4H3,(H,20,21). The fourth-order valence-corrected chi connectivity index (χ4v) is 3.40. The molecule has 1 N–H and O–H groups in total. The smallest absolute Gasteiger partial charge is 0.329 e. The Labute approximate surface area is 124 Å². The summed E-state index contributed by atoms with van der Waals surface area (Å²) in [6.07, 6.45) is 2.49. The van der Waals surface area contributed by atoms with Crippen molar-refractivity contribution in [2.75, 3.05) is 6.54 Å². The highest BCUT2D eigenvalue weighted by Gasteiger charge is 2.49. The lowest BCUT2D eigenvalue weighted by Gasteiger charge is -2.34. The van der Waals surface area contributed by atoms with Crippen molar-refractivity contribution in [3.63, 3.8) is 0 Å². The summed E-state index contributed by atoms with van der Waals surface area (Å²) in [7, 11) is 1.79. The maximum Gasteiger partial charge on any atom is 0.329 e. The van der Waals surface area contributed by atoms with Gasteiger partial charge >= 0.3 is 5.97 Å². The molecule has 0 aliphatic carbocycles. The van der Waals surface area contributed by atoms with Crippen LogP contribution in [0.2, 0.25) is 0 Å². The number of aliphatic carboxylic acids is 1. The van der Waals surface area contributed by atoms with Crippen molar-refractivity contribution in [3.8, 4) is 0 Å². The van der Waals surface area contributed by atoms with Gasteiger partial charge in [0.15, 0.2) is 0 Å². The first-order valence-corrected chi connectivity index (χ1v) is 7.40. The van der Waals surface area contributed by atoms with Crippen molar-refractivity contribution in [2.24, 2.45) is 7.05 Å². The summed E-state index contributed by atoms with van der Waals surface area (Å²) in [5, 5.41) is 14.0. The predicted molar refractivity (Wildman–Crippen MR) is 78.2 cm³/mol. The molecular weight excluding hydrogens is 270 g/mol. The first-order chi connectivity index (χ1) is 9.85. The molecule has 1 amide bonds. The van der Waals surface area contributed by atoms with E-state index in [0.29, 0.717) is 30.6 Å². The van der Waals surface area contributed by atoms with Crippen molar-refractivity contribution in [1.29, 1.82) is 0 Å². The molecule has 2 rings (SSSR count). The minimum Gasteiger partial charge on any atom is -0.479 e. The van der Waals surface area contributed by atoms with Gasteiger partial charge in [-0.3, -0.25) is 9.48 Å². The van der Waals surface area contributed by atoms with Gasteiger partial charge in [0, 0.05) is 19.3 Å². The van der Waals surface area contributed by atoms with Crippen molar-refractivity contribution in [2.45, 2.75) is 52.0 Å². The van der Waals surface area contributed by atoms with Gasteiger partial charge in [-0.25, -0.2) is 4.79 Å². The quantitative estimate of drug-likeness (QED) is 0.920. The van der Waals surface area contributed by atoms with Gasteiger partial charge in [0.25, 0.3) is 5.91 Å². The number of carbonyl (C=O) groups excluding carboxylic acids is 1. The Morgan fingerprint density at radius 2 is 2.05 bits per heavy atom. The number of carbonyl (C=O) groups is 2. The normalized spacial score (nSPS) is 21.8. The monoisotopic (exact) mass is 293 g/mol. The molecular formula is C15H23N3O3. The Balaban J connectivity index is 2.44. The second-order valence-corrected chi connectivity index (χ2v) is 5.82. The fourth-order valence-electron chi connectivity index (χ4n) is 3.40. The lowest BCUT2D eigenvalue weighted by Crippen LogP contribution is -2.53. The van der Waals surface area contributed by atoms with Crippen molar-refractivity contribution in [1.82, 2.24) is 14.7 Å². The molecule has 0 aromatic carbocycles. The van der Waals surface area contributed by atoms with E-state index in [1.54, 1.807) is 23.6 Å². The van der Waals surface area contributed by atoms with E-state index in [2.05, 4.69) is 5.10 Å². The zero-order valence-corrected chi connectivity index (χ0v) is 13.1. The number of aromatic nitrogens is 2. The first-order valence-electron chi connectivity index (χ1n) is 7.40. The largest absolute Gasteiger partial charge is 0.479 e. The first kappa shape index (κ1) is 15.5. The van der Waals surface area contributed by atoms with Crippen molar-refractivity contribution >= 4 is 11.9 Å². The van der Waals surface area contributed by atoms with Gasteiger partial charge in [-0.1, -0.05) is 13.3 Å². The highest BCUT2D eigenvalue weighted by atomic mass is 16.4. The highest BCUT2D eigenvalue weighted by molar-refractivity contribution is 6.00. The van der Waals surface area contributed by atoms with Gasteiger partial charge in [-0.05, 0) is 33.1 Å². The molecule has 21 heavy (non-hydrogen) atoms. The molecule has 1 fully saturated rings. The lowest BCUT2D eigenvalue weighted by molar-refractivity contribution is -0.148. The zero-order chi connectivity index (χ0) is 15.8. The molecule has 1 aliphatic rings. The van der Waals surface area contributed by atoms with E-state index in [0.717, 1.165) is 18.5 Å². The van der Waals surface area contributed by atoms with Gasteiger partial charge in [-0.2, -0.15) is 5.10 Å². The van der Waals surface area contributed by atoms with E-state index in [-0.39, 0.29) is 5.91 Å². The lowest BCUT2D eigenvalue weighted by atomic mass is 9.90. The molecule has 6 heteroatoms. The Morgan fingerprint density at radius 1 is 1.38 bits per heavy atom. The molecule has 1 saturated heterocycles. The number of nitrogens with zero attached hydrogens (tertiary/aromatic N) is 3. The second-order valence-electron chi connectivity index (χ2n) is 5.82. The number of aryl methyl sites for hydroxylation is 2. The molecule has 0 bridgehead atoms. The average Bonchev–Trinajstić information content (AvgIpc) is 2.93. The topological polar surface area (TPSA) is 75.4 Å². The van der Waals surface area contributed by atoms with Gasteiger partial charge in [0.2, 0.25) is 0 Å². The van der Waals surface area contributed by atoms with Crippen LogP contribution in [0.1, 0.15) is 54.4 Å². The molecule has 1 aromatic heterocycles. The van der Waals surface area contributed by atoms with E-state index in [1.807, 2.05) is 13.8 Å². The second kappa shape index (κ2) is 5.50. The Bertz CT molecular complexity index is 579. The average molecular weight is 293 g/mol. The molecule has 1 atom stereocenters. The molecule has 0 spiro atoms. The predicted octanol–water partition coefficient (Wildman–Crippen LogP) is 1.90. The Morgan fingerprint density at radius 3 is 2.52 bits per heavy atom. The minimum atomic E-state index is -1.06. The Hall–Kier alpha value is -1.85. The summed E-state index contributed by atoms with van der Waals surface area (Å²) in [6.45, 7) is 6.08. The van der Waals surface area contributed by atoms with Gasteiger partial charge in [-0.15, -0.1) is 0 Å². The molecule has 0 saturated carbocycles. The van der Waals surface area contributed by atoms with Gasteiger partial charge in [0.05, 0.1) is 11.3 Å². The molecule has 2 heterocycles. The van der Waals surface area contributed by atoms with Crippen LogP contribution in [0.5, 0.6) is 0 Å². The van der Waals surface area contributed by atoms with Gasteiger partial charge < -0.3 is 10.0 Å². The number of carboxylic acids is 1. The molecule has 6 nitrogen and oxygen atoms in total. The summed E-state index contributed by atoms with van der Waals surface area (Å²) in [4.78, 5) is 26.3. The van der Waals surface area contributed by atoms with E-state index in [4.69, 9.17) is 0 Å². The van der Waals surface area contributed by atoms with Gasteiger partial charge in [0.1, 0.15) is 5.54 Å². The number of carboxylic acid groups (broad SMARTS) is 1. The third-order valence-electron chi connectivity index (χ3n) is 4.52. The fraction of sp³-hybridized carbons (Fsp3) is 0.667. The molecule has 116 valence electrons. The van der Waals surface area contributed by atoms with E-state index < -0.39 is 11.5 Å². The van der Waals surface area contributed by atoms with Crippen LogP contribution in [0.4, 0.5) is 0 Å². The number of hydrogen-bond acceptors (Lipinski definition) is 3. The van der Waals surface area contributed by atoms with E-state index in [9.17, 15) is 14.7 Å². The number of amides is 1. The van der Waals surface area contributed by atoms with Crippen LogP contribution in [0.3, 0.4) is 0 Å². The third-order valence-corrected chi connectivity index (χ3v) is 4.52. The highest BCUT2D eigenvalue weighted by Crippen LogP contribution is 2.36. The van der Waals surface area contributed by atoms with Crippen LogP contribution in [-0.2, 0) is 11.8 Å². The number of rotatable bonds is 4. The maximum absolute atomic E-state index is 12.9. The summed E-state index contributed by atoms with van der Waals surface area (Å²) in [5.41, 5.74) is 0.921. The summed E-state index contributed by atoms with van der Waals surface area (Å²) in [5.74, 6) is -1.10. The van der Waals surface area contributed by atoms with Crippen LogP contribution in [0, 0.1) is 13.8 Å². The molecule has 1 unspecified atom stereocenters. The van der Waals surface area contributed by atoms with Crippen molar-refractivity contribution < 1.29 is 14.7 Å². The van der Waals surface area contributed by atoms with E-state index >= 15 is 0 Å². The van der Waals surface area contributed by atoms with Crippen LogP contribution in [0.25, 0.3) is 0 Å². The minimum absolute atomic E-state index is 0.202. The van der Waals surface area contributed by atoms with Crippen molar-refractivity contribution in [3.05, 3.63) is 17.0 Å². The maximum atomic E-state index is 12.9. The Kier molecular flexibility index (Phi) is 4.07. The van der Waals surface area contributed by atoms with Crippen LogP contribution < -0.4 is 0 Å². The zero-order valence-electron chi connectivity index (χ0n) is 13.1. The summed E-state index contributed by atoms with van der Waals surface area (Å²) >= 11 is 0. The molecule has 0 radical (unpaired) electrons. The number of likely N-dealkylation sites (tertiary alicyclic amines) is 1. The van der Waals surface area contributed by atoms with Crippen LogP contribution >= 0.6 is 0 Å². The van der Waals surface area contributed by atoms with E-state index in [1.165, 1.54) is 0 Å². The van der Waals surface area contributed by atoms with Crippen LogP contribution in [-0.4, -0.2) is 43.7 Å². The summed E-state index contributed by atoms with van der Waals surface area (Å²) < 4.78 is 1.67. The SMILES string of the molecule is CCCC1(C(=O)O)CCCN1C(=O)c1c(C)nn(C)c1C. The molecule has 1 aromatic rings. The third kappa shape index (κ3) is 2.32. The molecule has 1 aliphatic heterocycles. The number of hydrogen-bond donors (Lipinski definition) is 1. The summed E-state index contributed by atoms with van der Waals surface area (Å²) in [6, 6.07) is 0.